The zero-order valence-electron chi connectivity index (χ0n) is 19.4. The third kappa shape index (κ3) is 8.65. The zero-order valence-corrected chi connectivity index (χ0v) is 22.6. The lowest BCUT2D eigenvalue weighted by atomic mass is 9.95. The first-order valence-corrected chi connectivity index (χ1v) is 13.1. The number of aliphatic imine (C=N–C) groups is 1. The van der Waals surface area contributed by atoms with Gasteiger partial charge in [-0.05, 0) is 62.2 Å². The topological polar surface area (TPSA) is 56.7 Å². The van der Waals surface area contributed by atoms with Crippen LogP contribution in [0.4, 0.5) is 0 Å². The molecule has 1 aliphatic heterocycles. The molecule has 3 atom stereocenters. The van der Waals surface area contributed by atoms with E-state index < -0.39 is 10.8 Å². The van der Waals surface area contributed by atoms with Crippen LogP contribution < -0.4 is 10.6 Å². The summed E-state index contributed by atoms with van der Waals surface area (Å²) in [6, 6.07) is 9.27. The molecule has 31 heavy (non-hydrogen) atoms. The van der Waals surface area contributed by atoms with Gasteiger partial charge in [0, 0.05) is 48.0 Å². The molecule has 0 spiro atoms. The van der Waals surface area contributed by atoms with Crippen LogP contribution in [0.2, 0.25) is 0 Å². The summed E-state index contributed by atoms with van der Waals surface area (Å²) in [4.78, 5) is 7.00. The van der Waals surface area contributed by atoms with Crippen LogP contribution in [0, 0.1) is 5.92 Å². The van der Waals surface area contributed by atoms with Crippen molar-refractivity contribution >= 4 is 40.7 Å². The van der Waals surface area contributed by atoms with Crippen molar-refractivity contribution in [3.05, 3.63) is 35.4 Å². The van der Waals surface area contributed by atoms with Gasteiger partial charge >= 0.3 is 0 Å². The van der Waals surface area contributed by atoms with Crippen LogP contribution in [0.1, 0.15) is 63.5 Å². The average molecular weight is 561 g/mol. The fraction of sp³-hybridized carbons (Fsp3) is 0.708. The van der Waals surface area contributed by atoms with Crippen molar-refractivity contribution in [2.45, 2.75) is 76.8 Å². The summed E-state index contributed by atoms with van der Waals surface area (Å²) in [6.45, 7) is 8.62. The van der Waals surface area contributed by atoms with Crippen LogP contribution in [-0.4, -0.2) is 52.3 Å². The summed E-state index contributed by atoms with van der Waals surface area (Å²) >= 11 is 0. The highest BCUT2D eigenvalue weighted by Gasteiger charge is 2.26. The highest BCUT2D eigenvalue weighted by molar-refractivity contribution is 14.0. The van der Waals surface area contributed by atoms with Gasteiger partial charge in [0.2, 0.25) is 0 Å². The number of nitrogens with one attached hydrogen (secondary N) is 2. The largest absolute Gasteiger partial charge is 0.354 e. The molecule has 1 aliphatic carbocycles. The molecule has 1 aromatic carbocycles. The van der Waals surface area contributed by atoms with E-state index in [1.54, 1.807) is 0 Å². The zero-order chi connectivity index (χ0) is 21.3. The lowest BCUT2D eigenvalue weighted by Crippen LogP contribution is -2.46. The van der Waals surface area contributed by atoms with Crippen molar-refractivity contribution in [2.75, 3.05) is 25.9 Å². The Morgan fingerprint density at radius 2 is 1.94 bits per heavy atom. The molecule has 1 heterocycles. The highest BCUT2D eigenvalue weighted by atomic mass is 127. The van der Waals surface area contributed by atoms with Gasteiger partial charge in [0.05, 0.1) is 0 Å². The lowest BCUT2D eigenvalue weighted by Gasteiger charge is -2.30. The Kier molecular flexibility index (Phi) is 11.8. The van der Waals surface area contributed by atoms with Crippen LogP contribution >= 0.6 is 24.0 Å². The fourth-order valence-corrected chi connectivity index (χ4v) is 5.99. The monoisotopic (exact) mass is 560 g/mol. The maximum Gasteiger partial charge on any atom is 0.191 e. The van der Waals surface area contributed by atoms with E-state index in [9.17, 15) is 4.21 Å². The molecule has 5 nitrogen and oxygen atoms in total. The van der Waals surface area contributed by atoms with Gasteiger partial charge in [-0.25, -0.2) is 0 Å². The number of guanidine groups is 1. The third-order valence-electron chi connectivity index (χ3n) is 6.58. The second-order valence-corrected chi connectivity index (χ2v) is 11.0. The van der Waals surface area contributed by atoms with Crippen LogP contribution in [0.3, 0.4) is 0 Å². The minimum absolute atomic E-state index is 0. The molecule has 1 aromatic rings. The second kappa shape index (κ2) is 13.8. The summed E-state index contributed by atoms with van der Waals surface area (Å²) in [6.07, 6.45) is 6.97. The number of nitrogens with zero attached hydrogens (tertiary/aromatic N) is 2. The van der Waals surface area contributed by atoms with E-state index in [0.717, 1.165) is 56.4 Å². The SMILES string of the molecule is CCS(=O)C1CCCC(NC(=NC)NCc2cccc(CN3CCC(C)CC3)c2)C1.I. The van der Waals surface area contributed by atoms with Gasteiger partial charge in [-0.15, -0.1) is 24.0 Å². The Bertz CT molecular complexity index is 721. The molecule has 1 saturated carbocycles. The summed E-state index contributed by atoms with van der Waals surface area (Å²) < 4.78 is 12.2. The Labute approximate surface area is 208 Å². The van der Waals surface area contributed by atoms with Gasteiger partial charge in [-0.2, -0.15) is 0 Å². The van der Waals surface area contributed by atoms with E-state index in [4.69, 9.17) is 0 Å². The molecule has 0 amide bonds. The first kappa shape index (κ1) is 26.6. The number of rotatable bonds is 7. The van der Waals surface area contributed by atoms with Crippen LogP contribution in [-0.2, 0) is 23.9 Å². The predicted molar refractivity (Wildman–Crippen MR) is 144 cm³/mol. The summed E-state index contributed by atoms with van der Waals surface area (Å²) in [5, 5.41) is 7.37. The highest BCUT2D eigenvalue weighted by Crippen LogP contribution is 2.23. The van der Waals surface area contributed by atoms with Crippen LogP contribution in [0.25, 0.3) is 0 Å². The molecule has 3 unspecified atom stereocenters. The minimum Gasteiger partial charge on any atom is -0.354 e. The molecule has 7 heteroatoms. The van der Waals surface area contributed by atoms with E-state index in [1.807, 2.05) is 14.0 Å². The molecule has 176 valence electrons. The van der Waals surface area contributed by atoms with Crippen molar-refractivity contribution in [2.24, 2.45) is 10.9 Å². The maximum absolute atomic E-state index is 12.2. The number of hydrogen-bond acceptors (Lipinski definition) is 3. The Morgan fingerprint density at radius 1 is 1.19 bits per heavy atom. The first-order chi connectivity index (χ1) is 14.6. The van der Waals surface area contributed by atoms with Crippen LogP contribution in [0.5, 0.6) is 0 Å². The number of halogens is 1. The van der Waals surface area contributed by atoms with E-state index in [0.29, 0.717) is 11.3 Å². The van der Waals surface area contributed by atoms with Gasteiger partial charge in [-0.1, -0.05) is 44.5 Å². The van der Waals surface area contributed by atoms with Gasteiger partial charge in [0.1, 0.15) is 0 Å². The standard InChI is InChI=1S/C24H40N4OS.HI/c1-4-30(29)23-10-6-9-22(16-23)27-24(25-3)26-17-20-7-5-8-21(15-20)18-28-13-11-19(2)12-14-28;/h5,7-8,15,19,22-23H,4,6,9-14,16-18H2,1-3H3,(H2,25,26,27);1H. The van der Waals surface area contributed by atoms with Crippen molar-refractivity contribution in [3.8, 4) is 0 Å². The van der Waals surface area contributed by atoms with E-state index >= 15 is 0 Å². The van der Waals surface area contributed by atoms with Gasteiger partial charge in [0.15, 0.2) is 5.96 Å². The van der Waals surface area contributed by atoms with Crippen molar-refractivity contribution < 1.29 is 4.21 Å². The molecular weight excluding hydrogens is 519 g/mol. The van der Waals surface area contributed by atoms with E-state index in [2.05, 4.69) is 51.7 Å². The minimum atomic E-state index is -0.697. The summed E-state index contributed by atoms with van der Waals surface area (Å²) in [7, 11) is 1.13. The smallest absolute Gasteiger partial charge is 0.191 e. The number of likely N-dealkylation sites (tertiary alicyclic amines) is 1. The third-order valence-corrected chi connectivity index (χ3v) is 8.32. The maximum atomic E-state index is 12.2. The molecular formula is C24H41IN4OS. The normalized spacial score (nSPS) is 24.3. The predicted octanol–water partition coefficient (Wildman–Crippen LogP) is 4.28. The molecule has 2 aliphatic rings. The summed E-state index contributed by atoms with van der Waals surface area (Å²) in [5.41, 5.74) is 2.68. The number of piperidine rings is 1. The van der Waals surface area contributed by atoms with Crippen molar-refractivity contribution in [1.29, 1.82) is 0 Å². The second-order valence-electron chi connectivity index (χ2n) is 9.00. The quantitative estimate of drug-likeness (QED) is 0.297. The molecule has 1 saturated heterocycles. The van der Waals surface area contributed by atoms with Crippen LogP contribution in [0.15, 0.2) is 29.3 Å². The average Bonchev–Trinajstić information content (AvgIpc) is 2.78. The van der Waals surface area contributed by atoms with Crippen molar-refractivity contribution in [1.82, 2.24) is 15.5 Å². The molecule has 0 aromatic heterocycles. The van der Waals surface area contributed by atoms with E-state index in [-0.39, 0.29) is 24.0 Å². The Balaban J connectivity index is 0.00000341. The molecule has 3 rings (SSSR count). The Morgan fingerprint density at radius 3 is 2.65 bits per heavy atom. The number of benzene rings is 1. The first-order valence-electron chi connectivity index (χ1n) is 11.7. The Hall–Kier alpha value is -0.670. The molecule has 2 fully saturated rings. The van der Waals surface area contributed by atoms with Gasteiger partial charge in [0.25, 0.3) is 0 Å². The van der Waals surface area contributed by atoms with E-state index in [1.165, 1.54) is 37.1 Å². The lowest BCUT2D eigenvalue weighted by molar-refractivity contribution is 0.185. The van der Waals surface area contributed by atoms with Crippen molar-refractivity contribution in [3.63, 3.8) is 0 Å². The fourth-order valence-electron chi connectivity index (χ4n) is 4.64. The molecule has 2 N–H and O–H groups in total. The molecule has 0 bridgehead atoms. The molecule has 0 radical (unpaired) electrons. The van der Waals surface area contributed by atoms with Gasteiger partial charge in [-0.3, -0.25) is 14.1 Å². The number of hydrogen-bond donors (Lipinski definition) is 2. The van der Waals surface area contributed by atoms with Gasteiger partial charge < -0.3 is 10.6 Å². The summed E-state index contributed by atoms with van der Waals surface area (Å²) in [5.74, 6) is 2.48.